The van der Waals surface area contributed by atoms with Crippen molar-refractivity contribution in [2.24, 2.45) is 0 Å². The second-order valence-electron chi connectivity index (χ2n) is 3.89. The summed E-state index contributed by atoms with van der Waals surface area (Å²) in [5, 5.41) is 28.0. The molecule has 0 unspecified atom stereocenters. The Labute approximate surface area is 106 Å². The third kappa shape index (κ3) is 1.98. The minimum Gasteiger partial charge on any atom is -0.394 e. The average molecular weight is 278 g/mol. The number of nitrogens with zero attached hydrogens (tertiary/aromatic N) is 2. The zero-order chi connectivity index (χ0) is 13.4. The number of aliphatic hydroxyl groups is 3. The van der Waals surface area contributed by atoms with Crippen molar-refractivity contribution in [3.8, 4) is 0 Å². The molecule has 8 nitrogen and oxygen atoms in total. The van der Waals surface area contributed by atoms with Gasteiger partial charge in [0.2, 0.25) is 0 Å². The molecule has 4 atom stereocenters. The van der Waals surface area contributed by atoms with E-state index < -0.39 is 36.7 Å². The third-order valence-corrected chi connectivity index (χ3v) is 3.11. The standard InChI is InChI=1S/C9H12ClN3O5/c10-4-7(11)12-2-13(8(4)17)9-6(16)5(15)3(1-14)18-9/h2-3,5-6,9,14-16H,1,11H2/t3-,5-,6-,9-/m1/s1. The molecule has 1 aromatic heterocycles. The van der Waals surface area contributed by atoms with Gasteiger partial charge in [0.05, 0.1) is 6.61 Å². The molecule has 1 aliphatic heterocycles. The SMILES string of the molecule is Nc1ncn([C@@H]2O[C@H](CO)[C@@H](O)[C@H]2O)c(=O)c1Cl. The van der Waals surface area contributed by atoms with Gasteiger partial charge in [-0.3, -0.25) is 9.36 Å². The number of halogens is 1. The molecule has 0 amide bonds. The number of hydrogen-bond acceptors (Lipinski definition) is 7. The van der Waals surface area contributed by atoms with Crippen molar-refractivity contribution in [2.45, 2.75) is 24.5 Å². The van der Waals surface area contributed by atoms with Gasteiger partial charge >= 0.3 is 0 Å². The molecule has 18 heavy (non-hydrogen) atoms. The van der Waals surface area contributed by atoms with Gasteiger partial charge in [-0.05, 0) is 0 Å². The lowest BCUT2D eigenvalue weighted by Gasteiger charge is -2.17. The van der Waals surface area contributed by atoms with Crippen LogP contribution in [0.15, 0.2) is 11.1 Å². The highest BCUT2D eigenvalue weighted by Crippen LogP contribution is 2.28. The maximum absolute atomic E-state index is 11.8. The van der Waals surface area contributed by atoms with Gasteiger partial charge in [0, 0.05) is 0 Å². The molecular formula is C9H12ClN3O5. The molecule has 0 bridgehead atoms. The van der Waals surface area contributed by atoms with Crippen LogP contribution in [0.25, 0.3) is 0 Å². The summed E-state index contributed by atoms with van der Waals surface area (Å²) in [7, 11) is 0. The molecule has 5 N–H and O–H groups in total. The van der Waals surface area contributed by atoms with Crippen LogP contribution in [-0.2, 0) is 4.74 Å². The Bertz CT molecular complexity index is 507. The molecule has 0 saturated carbocycles. The fraction of sp³-hybridized carbons (Fsp3) is 0.556. The summed E-state index contributed by atoms with van der Waals surface area (Å²) in [5.41, 5.74) is 4.66. The summed E-state index contributed by atoms with van der Waals surface area (Å²) in [6.07, 6.45) is -3.77. The van der Waals surface area contributed by atoms with Crippen LogP contribution in [0.4, 0.5) is 5.82 Å². The third-order valence-electron chi connectivity index (χ3n) is 2.76. The lowest BCUT2D eigenvalue weighted by Crippen LogP contribution is -2.35. The maximum atomic E-state index is 11.8. The summed E-state index contributed by atoms with van der Waals surface area (Å²) in [5.74, 6) is -0.135. The van der Waals surface area contributed by atoms with Crippen LogP contribution < -0.4 is 11.3 Å². The molecule has 9 heteroatoms. The van der Waals surface area contributed by atoms with E-state index in [9.17, 15) is 15.0 Å². The van der Waals surface area contributed by atoms with E-state index in [1.165, 1.54) is 0 Å². The Balaban J connectivity index is 2.39. The predicted molar refractivity (Wildman–Crippen MR) is 60.9 cm³/mol. The van der Waals surface area contributed by atoms with Crippen LogP contribution in [0.3, 0.4) is 0 Å². The molecular weight excluding hydrogens is 266 g/mol. The summed E-state index contributed by atoms with van der Waals surface area (Å²) in [6.45, 7) is -0.486. The number of nitrogens with two attached hydrogens (primary N) is 1. The summed E-state index contributed by atoms with van der Waals surface area (Å²) >= 11 is 5.65. The van der Waals surface area contributed by atoms with Gasteiger partial charge in [0.1, 0.15) is 35.5 Å². The van der Waals surface area contributed by atoms with E-state index in [4.69, 9.17) is 27.2 Å². The first-order valence-corrected chi connectivity index (χ1v) is 5.49. The molecule has 1 saturated heterocycles. The Kier molecular flexibility index (Phi) is 3.55. The largest absolute Gasteiger partial charge is 0.394 e. The number of hydrogen-bond donors (Lipinski definition) is 4. The summed E-state index contributed by atoms with van der Waals surface area (Å²) in [4.78, 5) is 15.5. The van der Waals surface area contributed by atoms with Gasteiger partial charge < -0.3 is 25.8 Å². The van der Waals surface area contributed by atoms with Crippen LogP contribution in [0, 0.1) is 0 Å². The zero-order valence-corrected chi connectivity index (χ0v) is 9.86. The Morgan fingerprint density at radius 1 is 1.50 bits per heavy atom. The highest BCUT2D eigenvalue weighted by molar-refractivity contribution is 6.32. The molecule has 1 aliphatic rings. The van der Waals surface area contributed by atoms with E-state index in [1.54, 1.807) is 0 Å². The Hall–Kier alpha value is -1.19. The fourth-order valence-corrected chi connectivity index (χ4v) is 1.89. The molecule has 2 rings (SSSR count). The molecule has 0 aromatic carbocycles. The lowest BCUT2D eigenvalue weighted by atomic mass is 10.1. The first-order chi connectivity index (χ1) is 8.47. The van der Waals surface area contributed by atoms with E-state index in [0.29, 0.717) is 0 Å². The van der Waals surface area contributed by atoms with E-state index >= 15 is 0 Å². The Morgan fingerprint density at radius 3 is 2.72 bits per heavy atom. The lowest BCUT2D eigenvalue weighted by molar-refractivity contribution is -0.0548. The smallest absolute Gasteiger partial charge is 0.276 e. The summed E-state index contributed by atoms with van der Waals surface area (Å²) < 4.78 is 6.09. The van der Waals surface area contributed by atoms with Crippen molar-refractivity contribution in [2.75, 3.05) is 12.3 Å². The van der Waals surface area contributed by atoms with Crippen molar-refractivity contribution in [1.82, 2.24) is 9.55 Å². The van der Waals surface area contributed by atoms with Crippen molar-refractivity contribution in [3.63, 3.8) is 0 Å². The van der Waals surface area contributed by atoms with Crippen molar-refractivity contribution in [3.05, 3.63) is 21.7 Å². The molecule has 100 valence electrons. The minimum atomic E-state index is -1.37. The monoisotopic (exact) mass is 277 g/mol. The maximum Gasteiger partial charge on any atom is 0.276 e. The Morgan fingerprint density at radius 2 is 2.17 bits per heavy atom. The number of anilines is 1. The second-order valence-corrected chi connectivity index (χ2v) is 4.26. The predicted octanol–water partition coefficient (Wildman–Crippen LogP) is -1.91. The zero-order valence-electron chi connectivity index (χ0n) is 9.10. The quantitative estimate of drug-likeness (QED) is 0.496. The topological polar surface area (TPSA) is 131 Å². The minimum absolute atomic E-state index is 0.135. The van der Waals surface area contributed by atoms with Gasteiger partial charge in [0.25, 0.3) is 5.56 Å². The number of rotatable bonds is 2. The summed E-state index contributed by atoms with van der Waals surface area (Å²) in [6, 6.07) is 0. The van der Waals surface area contributed by atoms with Crippen molar-refractivity contribution >= 4 is 17.4 Å². The van der Waals surface area contributed by atoms with Gasteiger partial charge in [-0.1, -0.05) is 11.6 Å². The van der Waals surface area contributed by atoms with Gasteiger partial charge in [-0.2, -0.15) is 0 Å². The average Bonchev–Trinajstić information content (AvgIpc) is 2.64. The number of nitrogen functional groups attached to an aromatic ring is 1. The number of ether oxygens (including phenoxy) is 1. The van der Waals surface area contributed by atoms with E-state index in [0.717, 1.165) is 10.9 Å². The molecule has 1 aromatic rings. The first-order valence-electron chi connectivity index (χ1n) is 5.12. The van der Waals surface area contributed by atoms with Gasteiger partial charge in [-0.25, -0.2) is 4.98 Å². The van der Waals surface area contributed by atoms with E-state index in [-0.39, 0.29) is 10.8 Å². The highest BCUT2D eigenvalue weighted by Gasteiger charge is 2.43. The molecule has 2 heterocycles. The highest BCUT2D eigenvalue weighted by atomic mass is 35.5. The number of aliphatic hydroxyl groups excluding tert-OH is 3. The first kappa shape index (κ1) is 13.2. The van der Waals surface area contributed by atoms with Crippen LogP contribution in [0.5, 0.6) is 0 Å². The van der Waals surface area contributed by atoms with Crippen LogP contribution in [0.1, 0.15) is 6.23 Å². The molecule has 0 spiro atoms. The molecule has 1 fully saturated rings. The van der Waals surface area contributed by atoms with Gasteiger partial charge in [0.15, 0.2) is 6.23 Å². The van der Waals surface area contributed by atoms with E-state index in [1.807, 2.05) is 0 Å². The second kappa shape index (κ2) is 4.82. The van der Waals surface area contributed by atoms with Crippen molar-refractivity contribution < 1.29 is 20.1 Å². The number of aromatic nitrogens is 2. The van der Waals surface area contributed by atoms with E-state index in [2.05, 4.69) is 4.98 Å². The van der Waals surface area contributed by atoms with Gasteiger partial charge in [-0.15, -0.1) is 0 Å². The van der Waals surface area contributed by atoms with Crippen LogP contribution >= 0.6 is 11.6 Å². The fourth-order valence-electron chi connectivity index (χ4n) is 1.75. The normalized spacial score (nSPS) is 31.8. The molecule has 0 radical (unpaired) electrons. The van der Waals surface area contributed by atoms with Crippen LogP contribution in [0.2, 0.25) is 5.02 Å². The molecule has 0 aliphatic carbocycles. The van der Waals surface area contributed by atoms with Crippen molar-refractivity contribution in [1.29, 1.82) is 0 Å². The van der Waals surface area contributed by atoms with Crippen LogP contribution in [-0.4, -0.2) is 49.8 Å².